The second-order valence-corrected chi connectivity index (χ2v) is 6.72. The van der Waals surface area contributed by atoms with Gasteiger partial charge in [-0.25, -0.2) is 4.79 Å². The molecule has 1 N–H and O–H groups in total. The van der Waals surface area contributed by atoms with E-state index in [-0.39, 0.29) is 12.0 Å². The summed E-state index contributed by atoms with van der Waals surface area (Å²) in [6.45, 7) is 6.00. The van der Waals surface area contributed by atoms with Gasteiger partial charge in [-0.15, -0.1) is 0 Å². The van der Waals surface area contributed by atoms with Crippen molar-refractivity contribution in [3.8, 4) is 11.8 Å². The van der Waals surface area contributed by atoms with E-state index in [1.807, 2.05) is 81.4 Å². The zero-order valence-corrected chi connectivity index (χ0v) is 14.8. The molecule has 4 heteroatoms. The minimum Gasteiger partial charge on any atom is -0.443 e. The molecule has 0 fully saturated rings. The molecule has 1 unspecified atom stereocenters. The molecule has 0 saturated carbocycles. The van der Waals surface area contributed by atoms with E-state index >= 15 is 0 Å². The van der Waals surface area contributed by atoms with Crippen molar-refractivity contribution >= 4 is 6.09 Å². The molecule has 0 bridgehead atoms. The third-order valence-corrected chi connectivity index (χ3v) is 3.34. The number of hydrogen-bond donors (Lipinski definition) is 1. The van der Waals surface area contributed by atoms with Crippen molar-refractivity contribution in [2.75, 3.05) is 0 Å². The second kappa shape index (κ2) is 8.36. The van der Waals surface area contributed by atoms with E-state index in [1.54, 1.807) is 0 Å². The zero-order valence-electron chi connectivity index (χ0n) is 14.8. The highest BCUT2D eigenvalue weighted by Gasteiger charge is 2.24. The molecular weight excluding hydrogens is 314 g/mol. The number of ether oxygens (including phenoxy) is 1. The normalized spacial score (nSPS) is 11.8. The smallest absolute Gasteiger partial charge is 0.435 e. The fourth-order valence-corrected chi connectivity index (χ4v) is 2.10. The summed E-state index contributed by atoms with van der Waals surface area (Å²) in [4.78, 5) is 12.2. The van der Waals surface area contributed by atoms with Crippen molar-refractivity contribution in [2.24, 2.45) is 5.41 Å². The third kappa shape index (κ3) is 5.98. The van der Waals surface area contributed by atoms with Gasteiger partial charge in [0.05, 0.1) is 0 Å². The van der Waals surface area contributed by atoms with Gasteiger partial charge in [-0.05, 0) is 31.9 Å². The quantitative estimate of drug-likeness (QED) is 0.495. The third-order valence-electron chi connectivity index (χ3n) is 3.34. The number of nitrogens with zero attached hydrogens (tertiary/aromatic N) is 1. The van der Waals surface area contributed by atoms with Gasteiger partial charge in [0.1, 0.15) is 12.6 Å². The van der Waals surface area contributed by atoms with Gasteiger partial charge in [-0.1, -0.05) is 72.5 Å². The average Bonchev–Trinajstić information content (AvgIpc) is 2.60. The monoisotopic (exact) mass is 337 g/mol. The van der Waals surface area contributed by atoms with E-state index < -0.39 is 12.1 Å². The number of hydrogen-bond acceptors (Lipinski definition) is 3. The van der Waals surface area contributed by atoms with Crippen molar-refractivity contribution in [2.45, 2.75) is 33.4 Å². The summed E-state index contributed by atoms with van der Waals surface area (Å²) in [6.07, 6.45) is -0.832. The first-order valence-corrected chi connectivity index (χ1v) is 8.13. The molecule has 0 spiro atoms. The molecule has 0 heterocycles. The van der Waals surface area contributed by atoms with Gasteiger partial charge in [0.2, 0.25) is 0 Å². The fourth-order valence-electron chi connectivity index (χ4n) is 2.10. The van der Waals surface area contributed by atoms with Crippen LogP contribution in [0, 0.1) is 17.3 Å². The summed E-state index contributed by atoms with van der Waals surface area (Å²) < 4.78 is 5.19. The fraction of sp³-hybridized carbons (Fsp3) is 0.286. The first-order chi connectivity index (χ1) is 11.9. The summed E-state index contributed by atoms with van der Waals surface area (Å²) in [6, 6.07) is 17.7. The SMILES string of the molecule is CC(C)(C)C#CC(c1ccccc1)N(O)C(=O)OCc1ccccc1. The van der Waals surface area contributed by atoms with E-state index in [0.29, 0.717) is 5.06 Å². The molecule has 25 heavy (non-hydrogen) atoms. The standard InChI is InChI=1S/C21H23NO3/c1-21(2,3)15-14-19(18-12-8-5-9-13-18)22(24)20(23)25-16-17-10-6-4-7-11-17/h4-13,19,24H,16H2,1-3H3. The van der Waals surface area contributed by atoms with Crippen LogP contribution in [-0.4, -0.2) is 16.4 Å². The molecule has 0 aliphatic carbocycles. The van der Waals surface area contributed by atoms with Gasteiger partial charge in [0, 0.05) is 5.41 Å². The van der Waals surface area contributed by atoms with Crippen LogP contribution in [0.15, 0.2) is 60.7 Å². The number of benzene rings is 2. The van der Waals surface area contributed by atoms with E-state index in [4.69, 9.17) is 4.74 Å². The molecule has 0 radical (unpaired) electrons. The Bertz CT molecular complexity index is 739. The Morgan fingerprint density at radius 2 is 1.64 bits per heavy atom. The minimum atomic E-state index is -0.832. The molecule has 2 rings (SSSR count). The van der Waals surface area contributed by atoms with Gasteiger partial charge >= 0.3 is 6.09 Å². The highest BCUT2D eigenvalue weighted by molar-refractivity contribution is 5.67. The van der Waals surface area contributed by atoms with Crippen LogP contribution in [-0.2, 0) is 11.3 Å². The van der Waals surface area contributed by atoms with Gasteiger partial charge in [0.25, 0.3) is 0 Å². The van der Waals surface area contributed by atoms with Crippen molar-refractivity contribution < 1.29 is 14.7 Å². The van der Waals surface area contributed by atoms with Crippen LogP contribution in [0.4, 0.5) is 4.79 Å². The van der Waals surface area contributed by atoms with E-state index in [0.717, 1.165) is 11.1 Å². The summed E-state index contributed by atoms with van der Waals surface area (Å²) in [7, 11) is 0. The number of amides is 1. The minimum absolute atomic E-state index is 0.0882. The number of carbonyl (C=O) groups is 1. The number of rotatable bonds is 4. The van der Waals surface area contributed by atoms with Crippen LogP contribution in [0.2, 0.25) is 0 Å². The van der Waals surface area contributed by atoms with Crippen LogP contribution in [0.5, 0.6) is 0 Å². The Morgan fingerprint density at radius 1 is 1.08 bits per heavy atom. The van der Waals surface area contributed by atoms with Crippen LogP contribution >= 0.6 is 0 Å². The lowest BCUT2D eigenvalue weighted by atomic mass is 9.96. The van der Waals surface area contributed by atoms with E-state index in [1.165, 1.54) is 0 Å². The predicted molar refractivity (Wildman–Crippen MR) is 96.7 cm³/mol. The molecule has 4 nitrogen and oxygen atoms in total. The van der Waals surface area contributed by atoms with E-state index in [2.05, 4.69) is 11.8 Å². The summed E-state index contributed by atoms with van der Waals surface area (Å²) >= 11 is 0. The Hall–Kier alpha value is -2.77. The maximum absolute atomic E-state index is 12.2. The van der Waals surface area contributed by atoms with Gasteiger partial charge in [-0.2, -0.15) is 5.06 Å². The van der Waals surface area contributed by atoms with Gasteiger partial charge < -0.3 is 4.74 Å². The first kappa shape index (κ1) is 18.6. The summed E-state index contributed by atoms with van der Waals surface area (Å²) in [5.41, 5.74) is 1.32. The van der Waals surface area contributed by atoms with Crippen LogP contribution in [0.3, 0.4) is 0 Å². The largest absolute Gasteiger partial charge is 0.443 e. The van der Waals surface area contributed by atoms with Crippen molar-refractivity contribution in [3.63, 3.8) is 0 Å². The molecule has 2 aromatic carbocycles. The lowest BCUT2D eigenvalue weighted by molar-refractivity contribution is -0.0935. The second-order valence-electron chi connectivity index (χ2n) is 6.72. The zero-order chi connectivity index (χ0) is 18.3. The molecule has 1 amide bonds. The Morgan fingerprint density at radius 3 is 2.20 bits per heavy atom. The van der Waals surface area contributed by atoms with Gasteiger partial charge in [-0.3, -0.25) is 5.21 Å². The van der Waals surface area contributed by atoms with Gasteiger partial charge in [0.15, 0.2) is 0 Å². The molecule has 0 aliphatic rings. The van der Waals surface area contributed by atoms with Crippen LogP contribution in [0.25, 0.3) is 0 Å². The van der Waals surface area contributed by atoms with Crippen molar-refractivity contribution in [1.82, 2.24) is 5.06 Å². The molecule has 1 atom stereocenters. The summed E-state index contributed by atoms with van der Waals surface area (Å²) in [5, 5.41) is 10.9. The molecular formula is C21H23NO3. The van der Waals surface area contributed by atoms with Crippen molar-refractivity contribution in [1.29, 1.82) is 0 Å². The topological polar surface area (TPSA) is 49.8 Å². The molecule has 0 aromatic heterocycles. The predicted octanol–water partition coefficient (Wildman–Crippen LogP) is 4.81. The Balaban J connectivity index is 2.15. The highest BCUT2D eigenvalue weighted by Crippen LogP contribution is 2.21. The lowest BCUT2D eigenvalue weighted by Gasteiger charge is -2.22. The first-order valence-electron chi connectivity index (χ1n) is 8.13. The van der Waals surface area contributed by atoms with Crippen molar-refractivity contribution in [3.05, 3.63) is 71.8 Å². The maximum atomic E-state index is 12.2. The molecule has 0 aliphatic heterocycles. The lowest BCUT2D eigenvalue weighted by Crippen LogP contribution is -2.32. The maximum Gasteiger partial charge on any atom is 0.435 e. The van der Waals surface area contributed by atoms with Crippen LogP contribution < -0.4 is 0 Å². The van der Waals surface area contributed by atoms with E-state index in [9.17, 15) is 10.0 Å². The Kier molecular flexibility index (Phi) is 6.21. The molecule has 130 valence electrons. The average molecular weight is 337 g/mol. The molecule has 2 aromatic rings. The highest BCUT2D eigenvalue weighted by atomic mass is 16.6. The molecule has 0 saturated heterocycles. The number of carbonyl (C=O) groups excluding carboxylic acids is 1. The number of hydroxylamine groups is 2. The van der Waals surface area contributed by atoms with Crippen LogP contribution in [0.1, 0.15) is 37.9 Å². The summed E-state index contributed by atoms with van der Waals surface area (Å²) in [5.74, 6) is 6.05. The Labute approximate surface area is 149 Å².